The Hall–Kier alpha value is -2.35. The predicted octanol–water partition coefficient (Wildman–Crippen LogP) is 1.67. The Bertz CT molecular complexity index is 460. The second-order valence-corrected chi connectivity index (χ2v) is 4.13. The van der Waals surface area contributed by atoms with Crippen molar-refractivity contribution in [2.24, 2.45) is 5.92 Å². The molecule has 18 heavy (non-hydrogen) atoms. The van der Waals surface area contributed by atoms with Crippen LogP contribution in [0.4, 0.5) is 5.82 Å². The number of carbonyl (C=O) groups is 1. The van der Waals surface area contributed by atoms with E-state index in [1.54, 1.807) is 18.3 Å². The summed E-state index contributed by atoms with van der Waals surface area (Å²) < 4.78 is 0. The van der Waals surface area contributed by atoms with Crippen molar-refractivity contribution in [3.05, 3.63) is 36.2 Å². The molecule has 0 radical (unpaired) electrons. The highest BCUT2D eigenvalue weighted by molar-refractivity contribution is 5.97. The summed E-state index contributed by atoms with van der Waals surface area (Å²) in [6, 6.07) is 7.20. The van der Waals surface area contributed by atoms with Crippen LogP contribution in [0.2, 0.25) is 0 Å². The van der Waals surface area contributed by atoms with Crippen LogP contribution in [0.1, 0.15) is 13.8 Å². The van der Waals surface area contributed by atoms with Gasteiger partial charge in [-0.15, -0.1) is 0 Å². The minimum atomic E-state index is -0.380. The Balaban J connectivity index is 2.61. The third-order valence-corrected chi connectivity index (χ3v) is 2.07. The van der Waals surface area contributed by atoms with Crippen molar-refractivity contribution in [1.29, 1.82) is 5.26 Å². The zero-order valence-corrected chi connectivity index (χ0v) is 10.5. The van der Waals surface area contributed by atoms with Crippen molar-refractivity contribution in [2.45, 2.75) is 13.8 Å². The molecule has 1 heterocycles. The number of anilines is 1. The number of amides is 1. The first-order chi connectivity index (χ1) is 8.63. The van der Waals surface area contributed by atoms with E-state index in [1.165, 1.54) is 6.20 Å². The quantitative estimate of drug-likeness (QED) is 0.610. The van der Waals surface area contributed by atoms with E-state index in [1.807, 2.05) is 26.0 Å². The maximum atomic E-state index is 11.6. The number of nitrogens with zero attached hydrogens (tertiary/aromatic N) is 2. The fourth-order valence-electron chi connectivity index (χ4n) is 1.13. The van der Waals surface area contributed by atoms with Gasteiger partial charge in [-0.25, -0.2) is 4.98 Å². The summed E-state index contributed by atoms with van der Waals surface area (Å²) in [7, 11) is 0. The van der Waals surface area contributed by atoms with Gasteiger partial charge in [-0.2, -0.15) is 5.26 Å². The van der Waals surface area contributed by atoms with E-state index in [-0.39, 0.29) is 11.5 Å². The SMILES string of the molecule is CC(C)CNC(=O)/C(C#N)=C\Nc1ccccn1. The van der Waals surface area contributed by atoms with E-state index in [9.17, 15) is 4.79 Å². The van der Waals surface area contributed by atoms with Gasteiger partial charge in [-0.05, 0) is 18.1 Å². The molecule has 0 aliphatic heterocycles. The number of aromatic nitrogens is 1. The van der Waals surface area contributed by atoms with Crippen LogP contribution in [-0.4, -0.2) is 17.4 Å². The average molecular weight is 244 g/mol. The molecule has 0 bridgehead atoms. The molecule has 0 fully saturated rings. The minimum Gasteiger partial charge on any atom is -0.351 e. The van der Waals surface area contributed by atoms with E-state index in [2.05, 4.69) is 15.6 Å². The van der Waals surface area contributed by atoms with Gasteiger partial charge < -0.3 is 10.6 Å². The molecule has 94 valence electrons. The Kier molecular flexibility index (Phi) is 5.39. The Morgan fingerprint density at radius 1 is 1.56 bits per heavy atom. The summed E-state index contributed by atoms with van der Waals surface area (Å²) >= 11 is 0. The summed E-state index contributed by atoms with van der Waals surface area (Å²) in [5.74, 6) is 0.550. The van der Waals surface area contributed by atoms with Crippen molar-refractivity contribution < 1.29 is 4.79 Å². The first-order valence-corrected chi connectivity index (χ1v) is 5.69. The molecule has 5 nitrogen and oxygen atoms in total. The highest BCUT2D eigenvalue weighted by Gasteiger charge is 2.08. The monoisotopic (exact) mass is 244 g/mol. The molecule has 1 amide bonds. The number of pyridine rings is 1. The molecule has 1 rings (SSSR count). The molecule has 0 saturated carbocycles. The Morgan fingerprint density at radius 2 is 2.33 bits per heavy atom. The first kappa shape index (κ1) is 13.7. The van der Waals surface area contributed by atoms with Crippen LogP contribution in [0.15, 0.2) is 36.2 Å². The van der Waals surface area contributed by atoms with E-state index in [0.29, 0.717) is 18.3 Å². The van der Waals surface area contributed by atoms with Crippen molar-refractivity contribution in [3.8, 4) is 6.07 Å². The lowest BCUT2D eigenvalue weighted by molar-refractivity contribution is -0.117. The first-order valence-electron chi connectivity index (χ1n) is 5.69. The van der Waals surface area contributed by atoms with Crippen LogP contribution < -0.4 is 10.6 Å². The minimum absolute atomic E-state index is 0.0290. The molecule has 0 atom stereocenters. The molecular weight excluding hydrogens is 228 g/mol. The fourth-order valence-corrected chi connectivity index (χ4v) is 1.13. The lowest BCUT2D eigenvalue weighted by Crippen LogP contribution is -2.28. The zero-order valence-electron chi connectivity index (χ0n) is 10.5. The number of rotatable bonds is 5. The van der Waals surface area contributed by atoms with Crippen LogP contribution >= 0.6 is 0 Å². The summed E-state index contributed by atoms with van der Waals surface area (Å²) in [4.78, 5) is 15.7. The van der Waals surface area contributed by atoms with Crippen molar-refractivity contribution in [2.75, 3.05) is 11.9 Å². The van der Waals surface area contributed by atoms with E-state index < -0.39 is 0 Å². The second kappa shape index (κ2) is 7.07. The maximum absolute atomic E-state index is 11.6. The lowest BCUT2D eigenvalue weighted by atomic mass is 10.2. The highest BCUT2D eigenvalue weighted by Crippen LogP contribution is 2.01. The number of nitrogens with one attached hydrogen (secondary N) is 2. The summed E-state index contributed by atoms with van der Waals surface area (Å²) in [6.45, 7) is 4.52. The molecular formula is C13H16N4O. The Labute approximate surface area is 107 Å². The molecule has 5 heteroatoms. The van der Waals surface area contributed by atoms with Crippen LogP contribution in [0.3, 0.4) is 0 Å². The number of nitriles is 1. The van der Waals surface area contributed by atoms with Crippen LogP contribution in [0.5, 0.6) is 0 Å². The van der Waals surface area contributed by atoms with Crippen LogP contribution in [0, 0.1) is 17.2 Å². The van der Waals surface area contributed by atoms with Gasteiger partial charge >= 0.3 is 0 Å². The molecule has 0 saturated heterocycles. The third-order valence-electron chi connectivity index (χ3n) is 2.07. The molecule has 0 aliphatic rings. The number of hydrogen-bond donors (Lipinski definition) is 2. The van der Waals surface area contributed by atoms with Gasteiger partial charge in [0.1, 0.15) is 17.5 Å². The molecule has 0 aliphatic carbocycles. The molecule has 1 aromatic rings. The summed E-state index contributed by atoms with van der Waals surface area (Å²) in [5, 5.41) is 14.4. The van der Waals surface area contributed by atoms with Gasteiger partial charge in [0.05, 0.1) is 0 Å². The van der Waals surface area contributed by atoms with E-state index in [0.717, 1.165) is 0 Å². The standard InChI is InChI=1S/C13H16N4O/c1-10(2)8-17-13(18)11(7-14)9-16-12-5-3-4-6-15-12/h3-6,9-10H,8H2,1-2H3,(H,15,16)(H,17,18)/b11-9-. The topological polar surface area (TPSA) is 77.8 Å². The third kappa shape index (κ3) is 4.66. The van der Waals surface area contributed by atoms with E-state index in [4.69, 9.17) is 5.26 Å². The molecule has 0 unspecified atom stereocenters. The molecule has 2 N–H and O–H groups in total. The number of hydrogen-bond acceptors (Lipinski definition) is 4. The molecule has 0 spiro atoms. The summed E-state index contributed by atoms with van der Waals surface area (Å²) in [5.41, 5.74) is 0.0290. The van der Waals surface area contributed by atoms with Crippen LogP contribution in [-0.2, 0) is 4.79 Å². The summed E-state index contributed by atoms with van der Waals surface area (Å²) in [6.07, 6.45) is 2.99. The number of carbonyl (C=O) groups excluding carboxylic acids is 1. The van der Waals surface area contributed by atoms with Gasteiger partial charge in [-0.1, -0.05) is 19.9 Å². The second-order valence-electron chi connectivity index (χ2n) is 4.13. The van der Waals surface area contributed by atoms with Gasteiger partial charge in [0, 0.05) is 18.9 Å². The van der Waals surface area contributed by atoms with Crippen LogP contribution in [0.25, 0.3) is 0 Å². The average Bonchev–Trinajstić information content (AvgIpc) is 2.38. The van der Waals surface area contributed by atoms with Gasteiger partial charge in [0.15, 0.2) is 0 Å². The fraction of sp³-hybridized carbons (Fsp3) is 0.308. The van der Waals surface area contributed by atoms with Gasteiger partial charge in [0.2, 0.25) is 0 Å². The molecule has 0 aromatic carbocycles. The highest BCUT2D eigenvalue weighted by atomic mass is 16.1. The maximum Gasteiger partial charge on any atom is 0.263 e. The predicted molar refractivity (Wildman–Crippen MR) is 69.4 cm³/mol. The largest absolute Gasteiger partial charge is 0.351 e. The van der Waals surface area contributed by atoms with Gasteiger partial charge in [0.25, 0.3) is 5.91 Å². The molecule has 1 aromatic heterocycles. The smallest absolute Gasteiger partial charge is 0.263 e. The Morgan fingerprint density at radius 3 is 2.89 bits per heavy atom. The van der Waals surface area contributed by atoms with Gasteiger partial charge in [-0.3, -0.25) is 4.79 Å². The van der Waals surface area contributed by atoms with Crippen molar-refractivity contribution in [3.63, 3.8) is 0 Å². The zero-order chi connectivity index (χ0) is 13.4. The van der Waals surface area contributed by atoms with Crippen molar-refractivity contribution in [1.82, 2.24) is 10.3 Å². The lowest BCUT2D eigenvalue weighted by Gasteiger charge is -2.06. The van der Waals surface area contributed by atoms with E-state index >= 15 is 0 Å². The normalized spacial score (nSPS) is 10.9. The van der Waals surface area contributed by atoms with Crippen molar-refractivity contribution >= 4 is 11.7 Å².